The van der Waals surface area contributed by atoms with E-state index in [1.165, 1.54) is 5.75 Å². The quantitative estimate of drug-likeness (QED) is 0.773. The standard InChI is InChI=1S/C11H19NO2S/c1-8(12)10(13)9-2-4-14-11(6-9)3-5-15-7-11/h8-9H,2-7,12H2,1H3. The van der Waals surface area contributed by atoms with Crippen LogP contribution in [-0.4, -0.2) is 35.5 Å². The SMILES string of the molecule is CC(N)C(=O)C1CCOC2(CCSC2)C1. The predicted molar refractivity (Wildman–Crippen MR) is 62.0 cm³/mol. The summed E-state index contributed by atoms with van der Waals surface area (Å²) in [5.74, 6) is 2.57. The molecular formula is C11H19NO2S. The molecule has 0 aromatic carbocycles. The zero-order valence-corrected chi connectivity index (χ0v) is 10.0. The van der Waals surface area contributed by atoms with Gasteiger partial charge >= 0.3 is 0 Å². The first-order valence-corrected chi connectivity index (χ1v) is 6.79. The highest BCUT2D eigenvalue weighted by atomic mass is 32.2. The Hall–Kier alpha value is -0.0600. The lowest BCUT2D eigenvalue weighted by molar-refractivity contribution is -0.134. The molecule has 2 aliphatic heterocycles. The van der Waals surface area contributed by atoms with E-state index in [0.29, 0.717) is 0 Å². The summed E-state index contributed by atoms with van der Waals surface area (Å²) in [5.41, 5.74) is 5.66. The molecule has 86 valence electrons. The van der Waals surface area contributed by atoms with Gasteiger partial charge in [-0.25, -0.2) is 0 Å². The number of carbonyl (C=O) groups is 1. The summed E-state index contributed by atoms with van der Waals surface area (Å²) in [5, 5.41) is 0. The van der Waals surface area contributed by atoms with Gasteiger partial charge in [0.1, 0.15) is 0 Å². The van der Waals surface area contributed by atoms with Gasteiger partial charge in [0.05, 0.1) is 11.6 Å². The van der Waals surface area contributed by atoms with Gasteiger partial charge in [-0.15, -0.1) is 0 Å². The number of hydrogen-bond donors (Lipinski definition) is 1. The van der Waals surface area contributed by atoms with E-state index in [9.17, 15) is 4.79 Å². The van der Waals surface area contributed by atoms with Crippen molar-refractivity contribution in [3.63, 3.8) is 0 Å². The maximum atomic E-state index is 11.9. The Bertz CT molecular complexity index is 249. The number of nitrogens with two attached hydrogens (primary N) is 1. The fourth-order valence-electron chi connectivity index (χ4n) is 2.51. The molecule has 0 amide bonds. The van der Waals surface area contributed by atoms with E-state index in [1.807, 2.05) is 11.8 Å². The smallest absolute Gasteiger partial charge is 0.152 e. The molecule has 3 unspecified atom stereocenters. The second-order valence-corrected chi connectivity index (χ2v) is 5.82. The topological polar surface area (TPSA) is 52.3 Å². The Balaban J connectivity index is 2.00. The normalized spacial score (nSPS) is 38.1. The largest absolute Gasteiger partial charge is 0.374 e. The lowest BCUT2D eigenvalue weighted by Gasteiger charge is -2.37. The number of carbonyl (C=O) groups excluding carboxylic acids is 1. The summed E-state index contributed by atoms with van der Waals surface area (Å²) in [4.78, 5) is 11.9. The van der Waals surface area contributed by atoms with E-state index >= 15 is 0 Å². The van der Waals surface area contributed by atoms with Crippen LogP contribution in [0.3, 0.4) is 0 Å². The Morgan fingerprint density at radius 3 is 3.07 bits per heavy atom. The van der Waals surface area contributed by atoms with Crippen LogP contribution in [-0.2, 0) is 9.53 Å². The molecule has 2 fully saturated rings. The molecule has 0 aliphatic carbocycles. The lowest BCUT2D eigenvalue weighted by Crippen LogP contribution is -2.45. The molecule has 0 aromatic heterocycles. The zero-order chi connectivity index (χ0) is 10.9. The second-order valence-electron chi connectivity index (χ2n) is 4.71. The van der Waals surface area contributed by atoms with Gasteiger partial charge in [0.25, 0.3) is 0 Å². The first-order valence-electron chi connectivity index (χ1n) is 5.64. The molecule has 4 heteroatoms. The number of ether oxygens (including phenoxy) is 1. The van der Waals surface area contributed by atoms with Crippen LogP contribution in [0.1, 0.15) is 26.2 Å². The van der Waals surface area contributed by atoms with Crippen LogP contribution in [0.5, 0.6) is 0 Å². The van der Waals surface area contributed by atoms with Gasteiger partial charge in [0.15, 0.2) is 5.78 Å². The molecule has 0 bridgehead atoms. The van der Waals surface area contributed by atoms with Gasteiger partial charge in [-0.2, -0.15) is 11.8 Å². The summed E-state index contributed by atoms with van der Waals surface area (Å²) in [7, 11) is 0. The average Bonchev–Trinajstić information content (AvgIpc) is 2.65. The van der Waals surface area contributed by atoms with Crippen LogP contribution in [0.25, 0.3) is 0 Å². The third kappa shape index (κ3) is 2.37. The molecule has 2 saturated heterocycles. The van der Waals surface area contributed by atoms with Gasteiger partial charge < -0.3 is 10.5 Å². The van der Waals surface area contributed by atoms with Gasteiger partial charge in [-0.05, 0) is 31.9 Å². The third-order valence-corrected chi connectivity index (χ3v) is 4.63. The van der Waals surface area contributed by atoms with Crippen molar-refractivity contribution in [3.05, 3.63) is 0 Å². The summed E-state index contributed by atoms with van der Waals surface area (Å²) >= 11 is 1.93. The van der Waals surface area contributed by atoms with Gasteiger partial charge in [0, 0.05) is 18.3 Å². The zero-order valence-electron chi connectivity index (χ0n) is 9.20. The van der Waals surface area contributed by atoms with Gasteiger partial charge in [0.2, 0.25) is 0 Å². The van der Waals surface area contributed by atoms with Crippen molar-refractivity contribution in [2.24, 2.45) is 11.7 Å². The van der Waals surface area contributed by atoms with Gasteiger partial charge in [-0.1, -0.05) is 0 Å². The lowest BCUT2D eigenvalue weighted by atomic mass is 9.81. The van der Waals surface area contributed by atoms with E-state index in [2.05, 4.69) is 0 Å². The van der Waals surface area contributed by atoms with Crippen LogP contribution < -0.4 is 5.73 Å². The molecule has 2 heterocycles. The van der Waals surface area contributed by atoms with Crippen molar-refractivity contribution >= 4 is 17.5 Å². The molecule has 0 radical (unpaired) electrons. The maximum absolute atomic E-state index is 11.9. The Morgan fingerprint density at radius 2 is 2.47 bits per heavy atom. The molecule has 0 saturated carbocycles. The minimum atomic E-state index is -0.320. The first-order chi connectivity index (χ1) is 7.13. The highest BCUT2D eigenvalue weighted by Crippen LogP contribution is 2.40. The van der Waals surface area contributed by atoms with E-state index in [-0.39, 0.29) is 23.3 Å². The van der Waals surface area contributed by atoms with Crippen LogP contribution in [0, 0.1) is 5.92 Å². The fraction of sp³-hybridized carbons (Fsp3) is 0.909. The summed E-state index contributed by atoms with van der Waals surface area (Å²) in [6.07, 6.45) is 2.84. The van der Waals surface area contributed by atoms with Crippen LogP contribution in [0.4, 0.5) is 0 Å². The summed E-state index contributed by atoms with van der Waals surface area (Å²) < 4.78 is 5.87. The Kier molecular flexibility index (Phi) is 3.38. The van der Waals surface area contributed by atoms with Crippen molar-refractivity contribution in [2.45, 2.75) is 37.8 Å². The van der Waals surface area contributed by atoms with Crippen molar-refractivity contribution in [2.75, 3.05) is 18.1 Å². The molecule has 2 aliphatic rings. The van der Waals surface area contributed by atoms with Crippen LogP contribution in [0.15, 0.2) is 0 Å². The van der Waals surface area contributed by atoms with Crippen molar-refractivity contribution in [3.8, 4) is 0 Å². The van der Waals surface area contributed by atoms with Crippen LogP contribution in [0.2, 0.25) is 0 Å². The number of hydrogen-bond acceptors (Lipinski definition) is 4. The highest BCUT2D eigenvalue weighted by molar-refractivity contribution is 7.99. The summed E-state index contributed by atoms with van der Waals surface area (Å²) in [6.45, 7) is 2.51. The minimum absolute atomic E-state index is 0.00185. The molecule has 3 atom stereocenters. The average molecular weight is 229 g/mol. The number of thioether (sulfide) groups is 1. The predicted octanol–water partition coefficient (Wildman–Crippen LogP) is 1.20. The molecule has 0 aromatic rings. The molecule has 1 spiro atoms. The number of rotatable bonds is 2. The molecule has 2 rings (SSSR count). The van der Waals surface area contributed by atoms with Crippen LogP contribution >= 0.6 is 11.8 Å². The maximum Gasteiger partial charge on any atom is 0.152 e. The Morgan fingerprint density at radius 1 is 1.67 bits per heavy atom. The van der Waals surface area contributed by atoms with Crippen molar-refractivity contribution in [1.29, 1.82) is 0 Å². The monoisotopic (exact) mass is 229 g/mol. The second kappa shape index (κ2) is 4.44. The molecule has 3 nitrogen and oxygen atoms in total. The first kappa shape index (κ1) is 11.4. The van der Waals surface area contributed by atoms with Crippen molar-refractivity contribution < 1.29 is 9.53 Å². The number of Topliss-reactive ketones (excluding diaryl/α,β-unsaturated/α-hetero) is 1. The van der Waals surface area contributed by atoms with E-state index in [1.54, 1.807) is 6.92 Å². The highest BCUT2D eigenvalue weighted by Gasteiger charge is 2.42. The molecular weight excluding hydrogens is 210 g/mol. The van der Waals surface area contributed by atoms with E-state index in [0.717, 1.165) is 31.6 Å². The summed E-state index contributed by atoms with van der Waals surface area (Å²) in [6, 6.07) is -0.320. The van der Waals surface area contributed by atoms with E-state index in [4.69, 9.17) is 10.5 Å². The number of ketones is 1. The van der Waals surface area contributed by atoms with Gasteiger partial charge in [-0.3, -0.25) is 4.79 Å². The van der Waals surface area contributed by atoms with E-state index < -0.39 is 0 Å². The Labute approximate surface area is 95.1 Å². The minimum Gasteiger partial charge on any atom is -0.374 e. The fourth-order valence-corrected chi connectivity index (χ4v) is 3.88. The van der Waals surface area contributed by atoms with Crippen molar-refractivity contribution in [1.82, 2.24) is 0 Å². The molecule has 15 heavy (non-hydrogen) atoms. The molecule has 2 N–H and O–H groups in total. The third-order valence-electron chi connectivity index (χ3n) is 3.41.